The fraction of sp³-hybridized carbons (Fsp3) is 0.417. The third-order valence-corrected chi connectivity index (χ3v) is 2.80. The summed E-state index contributed by atoms with van der Waals surface area (Å²) in [5.41, 5.74) is 2.10. The Labute approximate surface area is 104 Å². The molecule has 0 unspecified atom stereocenters. The van der Waals surface area contributed by atoms with Crippen molar-refractivity contribution in [2.45, 2.75) is 32.8 Å². The Morgan fingerprint density at radius 3 is 2.56 bits per heavy atom. The van der Waals surface area contributed by atoms with Crippen LogP contribution in [0.5, 0.6) is 0 Å². The van der Waals surface area contributed by atoms with E-state index in [9.17, 15) is 9.90 Å². The maximum atomic E-state index is 11.2. The first-order valence-corrected chi connectivity index (χ1v) is 5.58. The number of carboxylic acid groups (broad SMARTS) is 1. The normalized spacial score (nSPS) is 12.0. The highest BCUT2D eigenvalue weighted by atomic mass is 16.4. The Hall–Kier alpha value is -1.95. The molecule has 1 aromatic heterocycles. The zero-order chi connectivity index (χ0) is 13.5. The molecule has 0 amide bonds. The lowest BCUT2D eigenvalue weighted by Crippen LogP contribution is -2.19. The van der Waals surface area contributed by atoms with Crippen molar-refractivity contribution >= 4 is 17.1 Å². The van der Waals surface area contributed by atoms with Crippen LogP contribution < -0.4 is 0 Å². The molecule has 0 radical (unpaired) electrons. The molecule has 0 spiro atoms. The van der Waals surface area contributed by atoms with E-state index in [2.05, 4.69) is 10.3 Å². The predicted octanol–water partition coefficient (Wildman–Crippen LogP) is 1.75. The lowest BCUT2D eigenvalue weighted by atomic mass is 9.83. The summed E-state index contributed by atoms with van der Waals surface area (Å²) in [5.74, 6) is 0. The summed E-state index contributed by atoms with van der Waals surface area (Å²) in [6, 6.07) is 3.42. The first-order valence-electron chi connectivity index (χ1n) is 5.58. The van der Waals surface area contributed by atoms with Crippen molar-refractivity contribution in [3.05, 3.63) is 23.3 Å². The summed E-state index contributed by atoms with van der Waals surface area (Å²) < 4.78 is 0.856. The van der Waals surface area contributed by atoms with Crippen LogP contribution in [0.3, 0.4) is 0 Å². The molecule has 1 aromatic carbocycles. The van der Waals surface area contributed by atoms with Gasteiger partial charge in [-0.3, -0.25) is 0 Å². The Balaban J connectivity index is 2.91. The smallest absolute Gasteiger partial charge is 0.434 e. The van der Waals surface area contributed by atoms with Crippen LogP contribution in [0.15, 0.2) is 12.1 Å². The van der Waals surface area contributed by atoms with Crippen LogP contribution in [0.1, 0.15) is 31.9 Å². The van der Waals surface area contributed by atoms with E-state index in [4.69, 9.17) is 5.11 Å². The second-order valence-electron chi connectivity index (χ2n) is 5.16. The topological polar surface area (TPSA) is 88.2 Å². The number of fused-ring (bicyclic) bond motifs is 1. The Bertz CT molecular complexity index is 611. The van der Waals surface area contributed by atoms with Gasteiger partial charge in [0.15, 0.2) is 0 Å². The first kappa shape index (κ1) is 12.5. The molecule has 2 rings (SSSR count). The van der Waals surface area contributed by atoms with E-state index in [1.165, 1.54) is 0 Å². The van der Waals surface area contributed by atoms with Gasteiger partial charge in [0.25, 0.3) is 0 Å². The summed E-state index contributed by atoms with van der Waals surface area (Å²) >= 11 is 0. The van der Waals surface area contributed by atoms with Crippen LogP contribution in [-0.2, 0) is 12.0 Å². The molecule has 0 fully saturated rings. The summed E-state index contributed by atoms with van der Waals surface area (Å²) in [6.45, 7) is 5.73. The van der Waals surface area contributed by atoms with Crippen LogP contribution in [-0.4, -0.2) is 31.3 Å². The number of aliphatic hydroxyl groups excluding tert-OH is 1. The summed E-state index contributed by atoms with van der Waals surface area (Å²) in [7, 11) is 0. The minimum Gasteiger partial charge on any atom is -0.463 e. The second-order valence-corrected chi connectivity index (χ2v) is 5.16. The molecule has 1 heterocycles. The van der Waals surface area contributed by atoms with Gasteiger partial charge < -0.3 is 10.2 Å². The number of carbonyl (C=O) groups is 1. The van der Waals surface area contributed by atoms with Gasteiger partial charge in [-0.05, 0) is 22.6 Å². The van der Waals surface area contributed by atoms with E-state index < -0.39 is 6.09 Å². The number of benzene rings is 1. The number of rotatable bonds is 1. The average Bonchev–Trinajstić information content (AvgIpc) is 2.69. The molecular weight excluding hydrogens is 234 g/mol. The van der Waals surface area contributed by atoms with Crippen LogP contribution in [0, 0.1) is 0 Å². The molecule has 0 aliphatic heterocycles. The van der Waals surface area contributed by atoms with E-state index in [1.807, 2.05) is 20.8 Å². The van der Waals surface area contributed by atoms with Gasteiger partial charge in [-0.25, -0.2) is 4.79 Å². The van der Waals surface area contributed by atoms with E-state index in [1.54, 1.807) is 12.1 Å². The van der Waals surface area contributed by atoms with Crippen LogP contribution in [0.25, 0.3) is 11.0 Å². The van der Waals surface area contributed by atoms with E-state index in [-0.39, 0.29) is 12.0 Å². The van der Waals surface area contributed by atoms with Gasteiger partial charge in [0, 0.05) is 0 Å². The van der Waals surface area contributed by atoms with Crippen molar-refractivity contribution in [1.29, 1.82) is 0 Å². The molecule has 2 N–H and O–H groups in total. The zero-order valence-corrected chi connectivity index (χ0v) is 10.5. The molecule has 0 saturated carbocycles. The predicted molar refractivity (Wildman–Crippen MR) is 65.6 cm³/mol. The molecule has 6 nitrogen and oxygen atoms in total. The van der Waals surface area contributed by atoms with Gasteiger partial charge in [0.05, 0.1) is 6.61 Å². The van der Waals surface area contributed by atoms with Crippen molar-refractivity contribution in [2.75, 3.05) is 0 Å². The minimum absolute atomic E-state index is 0.145. The lowest BCUT2D eigenvalue weighted by Gasteiger charge is -2.23. The van der Waals surface area contributed by atoms with E-state index in [0.717, 1.165) is 10.2 Å². The second kappa shape index (κ2) is 4.06. The van der Waals surface area contributed by atoms with Gasteiger partial charge in [0.1, 0.15) is 11.0 Å². The lowest BCUT2D eigenvalue weighted by molar-refractivity contribution is 0.193. The van der Waals surface area contributed by atoms with Gasteiger partial charge in [-0.1, -0.05) is 32.1 Å². The van der Waals surface area contributed by atoms with Gasteiger partial charge in [-0.2, -0.15) is 0 Å². The maximum Gasteiger partial charge on any atom is 0.434 e. The average molecular weight is 249 g/mol. The monoisotopic (exact) mass is 249 g/mol. The maximum absolute atomic E-state index is 11.2. The van der Waals surface area contributed by atoms with Crippen LogP contribution in [0.2, 0.25) is 0 Å². The quantitative estimate of drug-likeness (QED) is 0.803. The van der Waals surface area contributed by atoms with E-state index in [0.29, 0.717) is 16.6 Å². The largest absolute Gasteiger partial charge is 0.463 e. The summed E-state index contributed by atoms with van der Waals surface area (Å²) in [4.78, 5) is 11.2. The molecular formula is C12H15N3O3. The molecule has 2 aromatic rings. The Morgan fingerprint density at radius 1 is 1.39 bits per heavy atom. The zero-order valence-electron chi connectivity index (χ0n) is 10.5. The van der Waals surface area contributed by atoms with Crippen molar-refractivity contribution < 1.29 is 15.0 Å². The highest BCUT2D eigenvalue weighted by Crippen LogP contribution is 2.32. The van der Waals surface area contributed by atoms with Crippen molar-refractivity contribution in [2.24, 2.45) is 0 Å². The highest BCUT2D eigenvalue weighted by molar-refractivity contribution is 5.88. The van der Waals surface area contributed by atoms with Crippen molar-refractivity contribution in [3.63, 3.8) is 0 Å². The third kappa shape index (κ3) is 1.84. The molecule has 96 valence electrons. The fourth-order valence-electron chi connectivity index (χ4n) is 2.16. The standard InChI is InChI=1S/C12H15N3O3/c1-12(2,3)9-7(6-16)4-5-8-10(9)15(11(17)18)14-13-8/h4-5,16H,6H2,1-3H3,(H,17,18). The van der Waals surface area contributed by atoms with Gasteiger partial charge in [-0.15, -0.1) is 9.78 Å². The Kier molecular flexibility index (Phi) is 2.82. The SMILES string of the molecule is CC(C)(C)c1c(CO)ccc2nnn(C(=O)O)c12. The summed E-state index contributed by atoms with van der Waals surface area (Å²) in [6.07, 6.45) is -1.18. The summed E-state index contributed by atoms with van der Waals surface area (Å²) in [5, 5.41) is 26.0. The number of hydrogen-bond donors (Lipinski definition) is 2. The van der Waals surface area contributed by atoms with Crippen molar-refractivity contribution in [3.8, 4) is 0 Å². The third-order valence-electron chi connectivity index (χ3n) is 2.80. The molecule has 0 aliphatic carbocycles. The molecule has 6 heteroatoms. The Morgan fingerprint density at radius 2 is 2.06 bits per heavy atom. The van der Waals surface area contributed by atoms with Crippen LogP contribution >= 0.6 is 0 Å². The highest BCUT2D eigenvalue weighted by Gasteiger charge is 2.25. The number of aliphatic hydroxyl groups is 1. The fourth-order valence-corrected chi connectivity index (χ4v) is 2.16. The molecule has 0 bridgehead atoms. The number of aromatic nitrogens is 3. The first-order chi connectivity index (χ1) is 8.36. The molecule has 0 atom stereocenters. The minimum atomic E-state index is -1.18. The van der Waals surface area contributed by atoms with Gasteiger partial charge in [0.2, 0.25) is 0 Å². The van der Waals surface area contributed by atoms with Crippen molar-refractivity contribution in [1.82, 2.24) is 15.0 Å². The number of hydrogen-bond acceptors (Lipinski definition) is 4. The van der Waals surface area contributed by atoms with Gasteiger partial charge >= 0.3 is 6.09 Å². The molecule has 0 aliphatic rings. The molecule has 0 saturated heterocycles. The molecule has 18 heavy (non-hydrogen) atoms. The van der Waals surface area contributed by atoms with Crippen LogP contribution in [0.4, 0.5) is 4.79 Å². The number of nitrogens with zero attached hydrogens (tertiary/aromatic N) is 3. The van der Waals surface area contributed by atoms with E-state index >= 15 is 0 Å².